The van der Waals surface area contributed by atoms with Crippen LogP contribution in [-0.2, 0) is 9.53 Å². The highest BCUT2D eigenvalue weighted by molar-refractivity contribution is 5.85. The molecule has 1 atom stereocenters. The number of hydrogen-bond donors (Lipinski definition) is 2. The maximum atomic E-state index is 12.1. The Morgan fingerprint density at radius 3 is 2.43 bits per heavy atom. The van der Waals surface area contributed by atoms with E-state index in [1.165, 1.54) is 0 Å². The minimum Gasteiger partial charge on any atom is -0.431 e. The Morgan fingerprint density at radius 1 is 1.29 bits per heavy atom. The van der Waals surface area contributed by atoms with Crippen LogP contribution >= 0.6 is 0 Å². The Bertz CT molecular complexity index is 527. The van der Waals surface area contributed by atoms with Gasteiger partial charge in [0.2, 0.25) is 6.10 Å². The van der Waals surface area contributed by atoms with E-state index in [0.29, 0.717) is 5.56 Å². The molecule has 0 bridgehead atoms. The van der Waals surface area contributed by atoms with E-state index in [0.717, 1.165) is 0 Å². The molecule has 1 aromatic carbocycles. The summed E-state index contributed by atoms with van der Waals surface area (Å²) < 4.78 is 5.24. The van der Waals surface area contributed by atoms with Crippen molar-refractivity contribution in [3.63, 3.8) is 0 Å². The van der Waals surface area contributed by atoms with E-state index in [-0.39, 0.29) is 6.54 Å². The molecule has 0 aliphatic heterocycles. The van der Waals surface area contributed by atoms with Gasteiger partial charge in [0.05, 0.1) is 6.54 Å². The molecule has 0 aliphatic rings. The van der Waals surface area contributed by atoms with Crippen molar-refractivity contribution in [2.45, 2.75) is 32.4 Å². The first-order chi connectivity index (χ1) is 9.83. The highest BCUT2D eigenvalue weighted by atomic mass is 16.6. The van der Waals surface area contributed by atoms with Crippen molar-refractivity contribution in [2.75, 3.05) is 6.54 Å². The Morgan fingerprint density at radius 2 is 1.90 bits per heavy atom. The highest BCUT2D eigenvalue weighted by Gasteiger charge is 2.26. The van der Waals surface area contributed by atoms with Crippen molar-refractivity contribution in [2.24, 2.45) is 0 Å². The lowest BCUT2D eigenvalue weighted by atomic mass is 10.1. The van der Waals surface area contributed by atoms with Crippen molar-refractivity contribution in [1.82, 2.24) is 10.6 Å². The van der Waals surface area contributed by atoms with Gasteiger partial charge in [-0.15, -0.1) is 6.42 Å². The average molecular weight is 288 g/mol. The van der Waals surface area contributed by atoms with Gasteiger partial charge in [0, 0.05) is 11.1 Å². The summed E-state index contributed by atoms with van der Waals surface area (Å²) in [6, 6.07) is 8.77. The van der Waals surface area contributed by atoms with Gasteiger partial charge >= 0.3 is 6.09 Å². The van der Waals surface area contributed by atoms with Crippen molar-refractivity contribution in [3.8, 4) is 12.3 Å². The minimum atomic E-state index is -1.04. The molecular weight excluding hydrogens is 268 g/mol. The van der Waals surface area contributed by atoms with E-state index < -0.39 is 23.6 Å². The predicted octanol–water partition coefficient (Wildman–Crippen LogP) is 2.00. The summed E-state index contributed by atoms with van der Waals surface area (Å²) in [6.45, 7) is 5.55. The van der Waals surface area contributed by atoms with Crippen molar-refractivity contribution in [3.05, 3.63) is 35.9 Å². The minimum absolute atomic E-state index is 0.0758. The number of terminal acetylenes is 1. The molecule has 0 aliphatic carbocycles. The topological polar surface area (TPSA) is 67.4 Å². The number of carbonyl (C=O) groups excluding carboxylic acids is 2. The summed E-state index contributed by atoms with van der Waals surface area (Å²) in [4.78, 5) is 24.0. The van der Waals surface area contributed by atoms with E-state index >= 15 is 0 Å². The molecule has 0 saturated heterocycles. The SMILES string of the molecule is C#CCNC(=O)[C@@H](OC(=O)NC(C)(C)C)c1ccccc1. The fourth-order valence-corrected chi connectivity index (χ4v) is 1.57. The summed E-state index contributed by atoms with van der Waals surface area (Å²) in [5.41, 5.74) is 0.129. The summed E-state index contributed by atoms with van der Waals surface area (Å²) >= 11 is 0. The second kappa shape index (κ2) is 7.34. The van der Waals surface area contributed by atoms with E-state index in [9.17, 15) is 9.59 Å². The summed E-state index contributed by atoms with van der Waals surface area (Å²) in [5, 5.41) is 5.17. The zero-order chi connectivity index (χ0) is 15.9. The second-order valence-corrected chi connectivity index (χ2v) is 5.49. The fraction of sp³-hybridized carbons (Fsp3) is 0.375. The van der Waals surface area contributed by atoms with Crippen LogP contribution in [0.1, 0.15) is 32.4 Å². The second-order valence-electron chi connectivity index (χ2n) is 5.49. The number of nitrogens with one attached hydrogen (secondary N) is 2. The molecule has 0 spiro atoms. The molecule has 0 heterocycles. The summed E-state index contributed by atoms with van der Waals surface area (Å²) in [5.74, 6) is 1.85. The van der Waals surface area contributed by atoms with Crippen LogP contribution in [0.3, 0.4) is 0 Å². The number of alkyl carbamates (subject to hydrolysis) is 1. The van der Waals surface area contributed by atoms with Crippen LogP contribution in [0.15, 0.2) is 30.3 Å². The Kier molecular flexibility index (Phi) is 5.79. The number of ether oxygens (including phenoxy) is 1. The van der Waals surface area contributed by atoms with Gasteiger partial charge in [-0.05, 0) is 20.8 Å². The fourth-order valence-electron chi connectivity index (χ4n) is 1.57. The van der Waals surface area contributed by atoms with Crippen molar-refractivity contribution in [1.29, 1.82) is 0 Å². The monoisotopic (exact) mass is 288 g/mol. The van der Waals surface area contributed by atoms with Gasteiger partial charge in [-0.3, -0.25) is 4.79 Å². The molecule has 2 amide bonds. The molecule has 0 unspecified atom stereocenters. The van der Waals surface area contributed by atoms with Crippen LogP contribution in [0.4, 0.5) is 4.79 Å². The molecular formula is C16H20N2O3. The Labute approximate surface area is 125 Å². The van der Waals surface area contributed by atoms with Gasteiger partial charge in [0.1, 0.15) is 0 Å². The molecule has 0 fully saturated rings. The van der Waals surface area contributed by atoms with Crippen LogP contribution in [0, 0.1) is 12.3 Å². The van der Waals surface area contributed by atoms with Gasteiger partial charge in [-0.1, -0.05) is 36.3 Å². The smallest absolute Gasteiger partial charge is 0.408 e. The van der Waals surface area contributed by atoms with E-state index in [1.807, 2.05) is 26.8 Å². The lowest BCUT2D eigenvalue weighted by Gasteiger charge is -2.23. The van der Waals surface area contributed by atoms with Crippen LogP contribution in [0.25, 0.3) is 0 Å². The molecule has 1 aromatic rings. The average Bonchev–Trinajstić information content (AvgIpc) is 2.41. The van der Waals surface area contributed by atoms with Crippen LogP contribution in [0.5, 0.6) is 0 Å². The van der Waals surface area contributed by atoms with Crippen molar-refractivity contribution < 1.29 is 14.3 Å². The van der Waals surface area contributed by atoms with Gasteiger partial charge in [-0.25, -0.2) is 4.79 Å². The van der Waals surface area contributed by atoms with Crippen LogP contribution < -0.4 is 10.6 Å². The molecule has 1 rings (SSSR count). The van der Waals surface area contributed by atoms with Gasteiger partial charge < -0.3 is 15.4 Å². The molecule has 0 radical (unpaired) electrons. The summed E-state index contributed by atoms with van der Waals surface area (Å²) in [7, 11) is 0. The highest BCUT2D eigenvalue weighted by Crippen LogP contribution is 2.18. The lowest BCUT2D eigenvalue weighted by Crippen LogP contribution is -2.43. The number of rotatable bonds is 4. The first-order valence-corrected chi connectivity index (χ1v) is 6.58. The lowest BCUT2D eigenvalue weighted by molar-refractivity contribution is -0.129. The molecule has 5 heteroatoms. The third kappa shape index (κ3) is 6.00. The number of carbonyl (C=O) groups is 2. The predicted molar refractivity (Wildman–Crippen MR) is 80.4 cm³/mol. The maximum absolute atomic E-state index is 12.1. The quantitative estimate of drug-likeness (QED) is 0.833. The number of hydrogen-bond acceptors (Lipinski definition) is 3. The van der Waals surface area contributed by atoms with Crippen molar-refractivity contribution >= 4 is 12.0 Å². The molecule has 5 nitrogen and oxygen atoms in total. The van der Waals surface area contributed by atoms with E-state index in [2.05, 4.69) is 16.6 Å². The van der Waals surface area contributed by atoms with Gasteiger partial charge in [0.15, 0.2) is 0 Å². The van der Waals surface area contributed by atoms with E-state index in [4.69, 9.17) is 11.2 Å². The molecule has 0 saturated carbocycles. The normalized spacial score (nSPS) is 11.9. The Balaban J connectivity index is 2.85. The van der Waals surface area contributed by atoms with E-state index in [1.54, 1.807) is 24.3 Å². The first kappa shape index (κ1) is 16.6. The maximum Gasteiger partial charge on any atom is 0.408 e. The third-order valence-corrected chi connectivity index (χ3v) is 2.41. The largest absolute Gasteiger partial charge is 0.431 e. The molecule has 21 heavy (non-hydrogen) atoms. The Hall–Kier alpha value is -2.48. The molecule has 112 valence electrons. The van der Waals surface area contributed by atoms with Crippen LogP contribution in [0.2, 0.25) is 0 Å². The third-order valence-electron chi connectivity index (χ3n) is 2.41. The number of benzene rings is 1. The van der Waals surface area contributed by atoms with Crippen LogP contribution in [-0.4, -0.2) is 24.1 Å². The van der Waals surface area contributed by atoms with Gasteiger partial charge in [0.25, 0.3) is 5.91 Å². The van der Waals surface area contributed by atoms with Gasteiger partial charge in [-0.2, -0.15) is 0 Å². The molecule has 2 N–H and O–H groups in total. The zero-order valence-corrected chi connectivity index (χ0v) is 12.5. The number of amides is 2. The standard InChI is InChI=1S/C16H20N2O3/c1-5-11-17-14(19)13(12-9-7-6-8-10-12)21-15(20)18-16(2,3)4/h1,6-10,13H,11H2,2-4H3,(H,17,19)(H,18,20)/t13-/m0/s1. The summed E-state index contributed by atoms with van der Waals surface area (Å²) in [6.07, 6.45) is 3.42. The molecule has 0 aromatic heterocycles. The zero-order valence-electron chi connectivity index (χ0n) is 12.5. The first-order valence-electron chi connectivity index (χ1n) is 6.58.